The molecule has 98 valence electrons. The molecule has 2 rings (SSSR count). The lowest BCUT2D eigenvalue weighted by molar-refractivity contribution is -0.148. The van der Waals surface area contributed by atoms with Crippen LogP contribution in [0.2, 0.25) is 10.2 Å². The van der Waals surface area contributed by atoms with E-state index in [9.17, 15) is 22.8 Å². The highest BCUT2D eigenvalue weighted by atomic mass is 35.5. The molecule has 0 aliphatic heterocycles. The van der Waals surface area contributed by atoms with Gasteiger partial charge in [0.15, 0.2) is 5.65 Å². The van der Waals surface area contributed by atoms with Crippen LogP contribution in [0, 0.1) is 0 Å². The normalized spacial score (nSPS) is 12.6. The van der Waals surface area contributed by atoms with Gasteiger partial charge < -0.3 is 5.21 Å². The predicted octanol–water partition coefficient (Wildman–Crippen LogP) is 3.33. The smallest absolute Gasteiger partial charge is 0.367 e. The molecule has 0 unspecified atom stereocenters. The number of hydrogen-bond donors (Lipinski definition) is 1. The summed E-state index contributed by atoms with van der Waals surface area (Å²) in [5.41, 5.74) is -0.762. The van der Waals surface area contributed by atoms with Crippen LogP contribution < -0.4 is 0 Å². The first-order chi connectivity index (χ1) is 8.25. The Bertz CT molecular complexity index is 616. The van der Waals surface area contributed by atoms with Crippen LogP contribution in [0.15, 0.2) is 6.07 Å². The Balaban J connectivity index is 2.72. The summed E-state index contributed by atoms with van der Waals surface area (Å²) in [6, 6.07) is 0.990. The van der Waals surface area contributed by atoms with Crippen LogP contribution in [-0.4, -0.2) is 26.3 Å². The topological polar surface area (TPSA) is 50.9 Å². The van der Waals surface area contributed by atoms with Crippen LogP contribution in [0.5, 0.6) is 0 Å². The minimum absolute atomic E-state index is 0.133. The first-order valence-corrected chi connectivity index (χ1v) is 5.11. The van der Waals surface area contributed by atoms with Crippen LogP contribution in [0.1, 0.15) is 5.82 Å². The van der Waals surface area contributed by atoms with Crippen molar-refractivity contribution in [2.24, 2.45) is 0 Å². The second-order valence-electron chi connectivity index (χ2n) is 3.27. The lowest BCUT2D eigenvalue weighted by Gasteiger charge is -2.13. The monoisotopic (exact) mass is 303 g/mol. The molecule has 0 aliphatic carbocycles. The van der Waals surface area contributed by atoms with E-state index in [1.807, 2.05) is 0 Å². The largest absolute Gasteiger partial charge is 0.426 e. The minimum atomic E-state index is -4.62. The number of nitrogens with zero attached hydrogens (tertiary/aromatic N) is 3. The number of halogens is 6. The number of pyridine rings is 1. The molecule has 2 heterocycles. The SMILES string of the molecule is On1c(C(F)(F)C(F)F)nc2nc(Cl)c(Cl)cc21. The van der Waals surface area contributed by atoms with E-state index in [1.54, 1.807) is 0 Å². The van der Waals surface area contributed by atoms with E-state index in [1.165, 1.54) is 0 Å². The highest BCUT2D eigenvalue weighted by Crippen LogP contribution is 2.35. The number of alkyl halides is 4. The third-order valence-corrected chi connectivity index (χ3v) is 2.78. The molecule has 2 aromatic rings. The quantitative estimate of drug-likeness (QED) is 0.526. The van der Waals surface area contributed by atoms with Gasteiger partial charge in [-0.2, -0.15) is 13.5 Å². The molecule has 0 aromatic carbocycles. The van der Waals surface area contributed by atoms with Crippen molar-refractivity contribution in [1.29, 1.82) is 0 Å². The maximum Gasteiger partial charge on any atom is 0.367 e. The summed E-state index contributed by atoms with van der Waals surface area (Å²) in [6.45, 7) is 0. The van der Waals surface area contributed by atoms with Crippen molar-refractivity contribution in [1.82, 2.24) is 14.7 Å². The Labute approximate surface area is 107 Å². The van der Waals surface area contributed by atoms with Gasteiger partial charge in [0.2, 0.25) is 5.82 Å². The molecule has 0 radical (unpaired) electrons. The molecule has 0 spiro atoms. The van der Waals surface area contributed by atoms with E-state index in [0.717, 1.165) is 6.07 Å². The third-order valence-electron chi connectivity index (χ3n) is 2.11. The average molecular weight is 304 g/mol. The van der Waals surface area contributed by atoms with Gasteiger partial charge in [0, 0.05) is 0 Å². The standard InChI is InChI=1S/C8H3Cl2F4N3O/c9-2-1-3-5(15-4(2)10)16-7(17(3)18)8(13,14)6(11)12/h1,6,18H. The highest BCUT2D eigenvalue weighted by molar-refractivity contribution is 6.41. The highest BCUT2D eigenvalue weighted by Gasteiger charge is 2.48. The Kier molecular flexibility index (Phi) is 3.02. The van der Waals surface area contributed by atoms with Gasteiger partial charge in [-0.05, 0) is 6.07 Å². The van der Waals surface area contributed by atoms with Gasteiger partial charge in [0.05, 0.1) is 5.02 Å². The van der Waals surface area contributed by atoms with Gasteiger partial charge in [0.1, 0.15) is 10.7 Å². The van der Waals surface area contributed by atoms with Crippen molar-refractivity contribution in [3.8, 4) is 0 Å². The zero-order valence-electron chi connectivity index (χ0n) is 8.21. The first kappa shape index (κ1) is 13.2. The molecule has 4 nitrogen and oxygen atoms in total. The number of fused-ring (bicyclic) bond motifs is 1. The summed E-state index contributed by atoms with van der Waals surface area (Å²) in [7, 11) is 0. The van der Waals surface area contributed by atoms with E-state index >= 15 is 0 Å². The number of rotatable bonds is 2. The fourth-order valence-corrected chi connectivity index (χ4v) is 1.54. The summed E-state index contributed by atoms with van der Waals surface area (Å²) >= 11 is 11.1. The van der Waals surface area contributed by atoms with Crippen LogP contribution >= 0.6 is 23.2 Å². The Morgan fingerprint density at radius 1 is 1.28 bits per heavy atom. The zero-order valence-corrected chi connectivity index (χ0v) is 9.72. The summed E-state index contributed by atoms with van der Waals surface area (Å²) in [5.74, 6) is -6.15. The van der Waals surface area contributed by atoms with Crippen molar-refractivity contribution in [3.05, 3.63) is 22.1 Å². The molecule has 0 amide bonds. The van der Waals surface area contributed by atoms with Gasteiger partial charge in [-0.1, -0.05) is 23.2 Å². The van der Waals surface area contributed by atoms with E-state index in [0.29, 0.717) is 0 Å². The number of imidazole rings is 1. The molecule has 1 N–H and O–H groups in total. The molecule has 0 bridgehead atoms. The molecule has 18 heavy (non-hydrogen) atoms. The van der Waals surface area contributed by atoms with Crippen molar-refractivity contribution in [2.45, 2.75) is 12.3 Å². The molecule has 0 atom stereocenters. The number of aromatic nitrogens is 3. The summed E-state index contributed by atoms with van der Waals surface area (Å²) in [6.07, 6.45) is -4.02. The maximum atomic E-state index is 13.1. The average Bonchev–Trinajstić information content (AvgIpc) is 2.58. The molecule has 2 aromatic heterocycles. The molecular formula is C8H3Cl2F4N3O. The Morgan fingerprint density at radius 2 is 1.89 bits per heavy atom. The summed E-state index contributed by atoms with van der Waals surface area (Å²) in [5, 5.41) is 9.01. The second-order valence-corrected chi connectivity index (χ2v) is 4.04. The van der Waals surface area contributed by atoms with E-state index in [-0.39, 0.29) is 20.4 Å². The molecule has 0 fully saturated rings. The van der Waals surface area contributed by atoms with E-state index in [2.05, 4.69) is 9.97 Å². The van der Waals surface area contributed by atoms with Crippen molar-refractivity contribution in [3.63, 3.8) is 0 Å². The lowest BCUT2D eigenvalue weighted by atomic mass is 10.3. The maximum absolute atomic E-state index is 13.1. The molecular weight excluding hydrogens is 301 g/mol. The van der Waals surface area contributed by atoms with Crippen molar-refractivity contribution < 1.29 is 22.8 Å². The van der Waals surface area contributed by atoms with Crippen molar-refractivity contribution in [2.75, 3.05) is 0 Å². The predicted molar refractivity (Wildman–Crippen MR) is 54.6 cm³/mol. The summed E-state index contributed by atoms with van der Waals surface area (Å²) < 4.78 is 50.4. The van der Waals surface area contributed by atoms with Gasteiger partial charge in [-0.25, -0.2) is 18.7 Å². The zero-order chi connectivity index (χ0) is 13.7. The Hall–Kier alpha value is -1.28. The van der Waals surface area contributed by atoms with E-state index < -0.39 is 23.8 Å². The van der Waals surface area contributed by atoms with Gasteiger partial charge in [-0.15, -0.1) is 0 Å². The lowest BCUT2D eigenvalue weighted by Crippen LogP contribution is -2.27. The van der Waals surface area contributed by atoms with Crippen LogP contribution in [-0.2, 0) is 5.92 Å². The molecule has 10 heteroatoms. The van der Waals surface area contributed by atoms with Gasteiger partial charge in [-0.3, -0.25) is 0 Å². The third kappa shape index (κ3) is 1.85. The van der Waals surface area contributed by atoms with Gasteiger partial charge >= 0.3 is 12.3 Å². The van der Waals surface area contributed by atoms with E-state index in [4.69, 9.17) is 23.2 Å². The molecule has 0 aliphatic rings. The summed E-state index contributed by atoms with van der Waals surface area (Å²) in [4.78, 5) is 6.63. The van der Waals surface area contributed by atoms with Crippen LogP contribution in [0.4, 0.5) is 17.6 Å². The van der Waals surface area contributed by atoms with Gasteiger partial charge in [0.25, 0.3) is 0 Å². The fourth-order valence-electron chi connectivity index (χ4n) is 1.26. The molecule has 0 saturated carbocycles. The van der Waals surface area contributed by atoms with Crippen LogP contribution in [0.3, 0.4) is 0 Å². The second kappa shape index (κ2) is 4.13. The fraction of sp³-hybridized carbons (Fsp3) is 0.250. The Morgan fingerprint density at radius 3 is 2.44 bits per heavy atom. The first-order valence-electron chi connectivity index (χ1n) is 4.35. The van der Waals surface area contributed by atoms with Crippen molar-refractivity contribution >= 4 is 34.4 Å². The molecule has 0 saturated heterocycles. The number of hydrogen-bond acceptors (Lipinski definition) is 3. The van der Waals surface area contributed by atoms with Crippen LogP contribution in [0.25, 0.3) is 11.2 Å². The minimum Gasteiger partial charge on any atom is -0.426 e.